The lowest BCUT2D eigenvalue weighted by molar-refractivity contribution is -0.113. The van der Waals surface area contributed by atoms with E-state index < -0.39 is 0 Å². The summed E-state index contributed by atoms with van der Waals surface area (Å²) in [7, 11) is 0. The van der Waals surface area contributed by atoms with Gasteiger partial charge in [0.2, 0.25) is 5.91 Å². The van der Waals surface area contributed by atoms with Gasteiger partial charge in [0.05, 0.1) is 11.9 Å². The van der Waals surface area contributed by atoms with Crippen molar-refractivity contribution in [3.05, 3.63) is 60.3 Å². The highest BCUT2D eigenvalue weighted by Gasteiger charge is 2.08. The lowest BCUT2D eigenvalue weighted by Gasteiger charge is -2.07. The number of nitrogens with one attached hydrogen (secondary N) is 1. The minimum atomic E-state index is -0.0407. The summed E-state index contributed by atoms with van der Waals surface area (Å²) in [6, 6.07) is 16.0. The third-order valence-electron chi connectivity index (χ3n) is 3.93. The topological polar surface area (TPSA) is 54.9 Å². The van der Waals surface area contributed by atoms with Crippen molar-refractivity contribution in [2.24, 2.45) is 0 Å². The smallest absolute Gasteiger partial charge is 0.234 e. The summed E-state index contributed by atoms with van der Waals surface area (Å²) in [4.78, 5) is 12.2. The summed E-state index contributed by atoms with van der Waals surface area (Å²) in [6.45, 7) is 2.19. The average molecular weight is 351 g/mol. The van der Waals surface area contributed by atoms with E-state index in [2.05, 4.69) is 34.6 Å². The average Bonchev–Trinajstić information content (AvgIpc) is 2.66. The fourth-order valence-electron chi connectivity index (χ4n) is 2.57. The predicted molar refractivity (Wildman–Crippen MR) is 104 cm³/mol. The van der Waals surface area contributed by atoms with Crippen LogP contribution in [-0.2, 0) is 11.2 Å². The molecule has 0 aliphatic heterocycles. The van der Waals surface area contributed by atoms with Gasteiger partial charge in [-0.05, 0) is 30.5 Å². The Morgan fingerprint density at radius 1 is 1.12 bits per heavy atom. The van der Waals surface area contributed by atoms with E-state index in [9.17, 15) is 4.79 Å². The van der Waals surface area contributed by atoms with Gasteiger partial charge in [-0.1, -0.05) is 61.5 Å². The van der Waals surface area contributed by atoms with Crippen molar-refractivity contribution >= 4 is 34.1 Å². The number of benzene rings is 2. The molecule has 0 aliphatic rings. The highest BCUT2D eigenvalue weighted by atomic mass is 32.2. The molecule has 1 N–H and O–H groups in total. The predicted octanol–water partition coefficient (Wildman–Crippen LogP) is 4.70. The zero-order valence-electron chi connectivity index (χ0n) is 14.2. The van der Waals surface area contributed by atoms with Gasteiger partial charge in [0.15, 0.2) is 0 Å². The number of amides is 1. The molecule has 0 fully saturated rings. The van der Waals surface area contributed by atoms with Crippen molar-refractivity contribution in [1.82, 2.24) is 10.2 Å². The van der Waals surface area contributed by atoms with Crippen LogP contribution in [0.4, 0.5) is 5.69 Å². The van der Waals surface area contributed by atoms with Crippen LogP contribution < -0.4 is 5.32 Å². The number of aromatic nitrogens is 2. The number of hydrogen-bond acceptors (Lipinski definition) is 4. The Balaban J connectivity index is 1.57. The Kier molecular flexibility index (Phi) is 6.01. The monoisotopic (exact) mass is 351 g/mol. The van der Waals surface area contributed by atoms with Gasteiger partial charge in [0, 0.05) is 16.5 Å². The number of anilines is 1. The van der Waals surface area contributed by atoms with Gasteiger partial charge in [0.1, 0.15) is 5.03 Å². The fraction of sp³-hybridized carbons (Fsp3) is 0.250. The molecule has 0 saturated heterocycles. The first-order valence-corrected chi connectivity index (χ1v) is 9.47. The molecule has 0 saturated carbocycles. The number of carbonyl (C=O) groups excluding carboxylic acids is 1. The molecule has 1 amide bonds. The van der Waals surface area contributed by atoms with Gasteiger partial charge in [-0.2, -0.15) is 5.10 Å². The Hall–Kier alpha value is -2.40. The minimum absolute atomic E-state index is 0.0407. The largest absolute Gasteiger partial charge is 0.325 e. The summed E-state index contributed by atoms with van der Waals surface area (Å²) in [5.41, 5.74) is 2.13. The Bertz CT molecular complexity index is 844. The highest BCUT2D eigenvalue weighted by Crippen LogP contribution is 2.24. The summed E-state index contributed by atoms with van der Waals surface area (Å²) < 4.78 is 0. The van der Waals surface area contributed by atoms with Crippen molar-refractivity contribution in [2.75, 3.05) is 11.1 Å². The van der Waals surface area contributed by atoms with E-state index in [1.54, 1.807) is 6.20 Å². The standard InChI is InChI=1S/C20H21N3OS/c1-2-3-6-15-9-11-17(12-10-15)22-19(24)14-25-20-18-8-5-4-7-16(18)13-21-23-20/h4-5,7-13H,2-3,6,14H2,1H3,(H,22,24). The quantitative estimate of drug-likeness (QED) is 0.627. The third kappa shape index (κ3) is 4.79. The van der Waals surface area contributed by atoms with Crippen LogP contribution >= 0.6 is 11.8 Å². The molecule has 5 heteroatoms. The molecule has 1 heterocycles. The van der Waals surface area contributed by atoms with Crippen molar-refractivity contribution in [3.63, 3.8) is 0 Å². The van der Waals surface area contributed by atoms with Crippen molar-refractivity contribution in [1.29, 1.82) is 0 Å². The summed E-state index contributed by atoms with van der Waals surface area (Å²) in [6.07, 6.45) is 5.20. The highest BCUT2D eigenvalue weighted by molar-refractivity contribution is 8.00. The van der Waals surface area contributed by atoms with Crippen LogP contribution in [0.1, 0.15) is 25.3 Å². The molecule has 0 aliphatic carbocycles. The molecule has 2 aromatic carbocycles. The SMILES string of the molecule is CCCCc1ccc(NC(=O)CSc2nncc3ccccc23)cc1. The van der Waals surface area contributed by atoms with E-state index in [1.165, 1.54) is 30.2 Å². The first-order valence-electron chi connectivity index (χ1n) is 8.48. The van der Waals surface area contributed by atoms with Crippen LogP contribution in [0.25, 0.3) is 10.8 Å². The summed E-state index contributed by atoms with van der Waals surface area (Å²) in [5.74, 6) is 0.265. The van der Waals surface area contributed by atoms with Crippen molar-refractivity contribution < 1.29 is 4.79 Å². The molecule has 0 radical (unpaired) electrons. The normalized spacial score (nSPS) is 10.8. The molecule has 0 bridgehead atoms. The molecule has 0 spiro atoms. The van der Waals surface area contributed by atoms with E-state index in [0.29, 0.717) is 5.75 Å². The number of hydrogen-bond donors (Lipinski definition) is 1. The van der Waals surface area contributed by atoms with E-state index in [0.717, 1.165) is 27.9 Å². The Morgan fingerprint density at radius 2 is 1.92 bits per heavy atom. The molecule has 4 nitrogen and oxygen atoms in total. The maximum atomic E-state index is 12.2. The molecule has 1 aromatic heterocycles. The number of aryl methyl sites for hydroxylation is 1. The lowest BCUT2D eigenvalue weighted by Crippen LogP contribution is -2.14. The molecule has 0 unspecified atom stereocenters. The molecule has 3 rings (SSSR count). The number of carbonyl (C=O) groups is 1. The molecular formula is C20H21N3OS. The van der Waals surface area contributed by atoms with Gasteiger partial charge in [-0.15, -0.1) is 5.10 Å². The lowest BCUT2D eigenvalue weighted by atomic mass is 10.1. The number of nitrogens with zero attached hydrogens (tertiary/aromatic N) is 2. The second-order valence-corrected chi connectivity index (χ2v) is 6.84. The van der Waals surface area contributed by atoms with Crippen molar-refractivity contribution in [3.8, 4) is 0 Å². The van der Waals surface area contributed by atoms with E-state index in [1.807, 2.05) is 36.4 Å². The number of thioether (sulfide) groups is 1. The fourth-order valence-corrected chi connectivity index (χ4v) is 3.36. The van der Waals surface area contributed by atoms with Gasteiger partial charge in [-0.25, -0.2) is 0 Å². The maximum absolute atomic E-state index is 12.2. The summed E-state index contributed by atoms with van der Waals surface area (Å²) in [5, 5.41) is 13.9. The zero-order valence-corrected chi connectivity index (χ0v) is 15.1. The molecule has 25 heavy (non-hydrogen) atoms. The second-order valence-electron chi connectivity index (χ2n) is 5.87. The molecule has 3 aromatic rings. The second kappa shape index (κ2) is 8.62. The van der Waals surface area contributed by atoms with Gasteiger partial charge in [0.25, 0.3) is 0 Å². The van der Waals surface area contributed by atoms with Crippen LogP contribution in [0.2, 0.25) is 0 Å². The van der Waals surface area contributed by atoms with Crippen LogP contribution in [0.15, 0.2) is 59.8 Å². The van der Waals surface area contributed by atoms with Gasteiger partial charge < -0.3 is 5.32 Å². The van der Waals surface area contributed by atoms with Gasteiger partial charge >= 0.3 is 0 Å². The Morgan fingerprint density at radius 3 is 2.72 bits per heavy atom. The first kappa shape index (κ1) is 17.4. The van der Waals surface area contributed by atoms with Crippen LogP contribution in [0.3, 0.4) is 0 Å². The molecular weight excluding hydrogens is 330 g/mol. The summed E-state index contributed by atoms with van der Waals surface area (Å²) >= 11 is 1.41. The van der Waals surface area contributed by atoms with Crippen LogP contribution in [0.5, 0.6) is 0 Å². The van der Waals surface area contributed by atoms with Crippen molar-refractivity contribution in [2.45, 2.75) is 31.2 Å². The van der Waals surface area contributed by atoms with Crippen LogP contribution in [-0.4, -0.2) is 21.9 Å². The minimum Gasteiger partial charge on any atom is -0.325 e. The van der Waals surface area contributed by atoms with E-state index in [-0.39, 0.29) is 5.91 Å². The maximum Gasteiger partial charge on any atom is 0.234 e. The first-order chi connectivity index (χ1) is 12.3. The van der Waals surface area contributed by atoms with E-state index in [4.69, 9.17) is 0 Å². The third-order valence-corrected chi connectivity index (χ3v) is 4.91. The molecule has 128 valence electrons. The zero-order chi connectivity index (χ0) is 17.5. The van der Waals surface area contributed by atoms with E-state index >= 15 is 0 Å². The number of rotatable bonds is 7. The van der Waals surface area contributed by atoms with Crippen LogP contribution in [0, 0.1) is 0 Å². The Labute approximate surface area is 152 Å². The number of fused-ring (bicyclic) bond motifs is 1. The van der Waals surface area contributed by atoms with Gasteiger partial charge in [-0.3, -0.25) is 4.79 Å². The molecule has 0 atom stereocenters. The number of unbranched alkanes of at least 4 members (excludes halogenated alkanes) is 1.